The zero-order valence-corrected chi connectivity index (χ0v) is 28.7. The van der Waals surface area contributed by atoms with Gasteiger partial charge in [0.25, 0.3) is 0 Å². The first-order valence-corrected chi connectivity index (χ1v) is 17.7. The van der Waals surface area contributed by atoms with E-state index in [0.29, 0.717) is 17.5 Å². The van der Waals surface area contributed by atoms with Crippen LogP contribution in [0.1, 0.15) is 5.56 Å². The molecule has 5 nitrogen and oxygen atoms in total. The molecule has 0 amide bonds. The predicted octanol–water partition coefficient (Wildman–Crippen LogP) is 12.7. The molecule has 0 N–H and O–H groups in total. The van der Waals surface area contributed by atoms with E-state index in [1.54, 1.807) is 0 Å². The molecular weight excluding hydrogens is 651 g/mol. The number of aromatic nitrogens is 3. The number of allylic oxidation sites excluding steroid dienone is 1. The third-order valence-electron chi connectivity index (χ3n) is 9.89. The molecule has 0 aliphatic carbocycles. The van der Waals surface area contributed by atoms with Gasteiger partial charge in [0.05, 0.1) is 0 Å². The van der Waals surface area contributed by atoms with Crippen LogP contribution in [0.4, 0.5) is 0 Å². The topological polar surface area (TPSA) is 65.0 Å². The molecule has 3 heterocycles. The summed E-state index contributed by atoms with van der Waals surface area (Å²) in [5.41, 5.74) is 11.3. The Morgan fingerprint density at radius 1 is 0.415 bits per heavy atom. The normalized spacial score (nSPS) is 11.5. The lowest BCUT2D eigenvalue weighted by atomic mass is 9.98. The van der Waals surface area contributed by atoms with Crippen LogP contribution in [0.3, 0.4) is 0 Å². The molecular formula is C48H31N3O2. The van der Waals surface area contributed by atoms with Crippen molar-refractivity contribution in [3.8, 4) is 56.4 Å². The molecule has 250 valence electrons. The quantitative estimate of drug-likeness (QED) is 0.157. The van der Waals surface area contributed by atoms with Crippen LogP contribution in [0, 0.1) is 0 Å². The van der Waals surface area contributed by atoms with E-state index in [9.17, 15) is 0 Å². The van der Waals surface area contributed by atoms with Gasteiger partial charge in [-0.25, -0.2) is 15.0 Å². The Hall–Kier alpha value is -7.11. The Labute approximate surface area is 305 Å². The maximum atomic E-state index is 6.90. The number of para-hydroxylation sites is 3. The smallest absolute Gasteiger partial charge is 0.164 e. The Kier molecular flexibility index (Phi) is 7.29. The van der Waals surface area contributed by atoms with E-state index in [4.69, 9.17) is 23.8 Å². The van der Waals surface area contributed by atoms with Crippen LogP contribution in [-0.4, -0.2) is 15.0 Å². The summed E-state index contributed by atoms with van der Waals surface area (Å²) in [6.45, 7) is 3.92. The summed E-state index contributed by atoms with van der Waals surface area (Å²) < 4.78 is 13.4. The molecule has 5 heteroatoms. The number of furan rings is 2. The zero-order chi connectivity index (χ0) is 35.3. The molecule has 0 aliphatic rings. The molecule has 10 rings (SSSR count). The molecule has 0 atom stereocenters. The highest BCUT2D eigenvalue weighted by Crippen LogP contribution is 2.43. The van der Waals surface area contributed by atoms with Crippen molar-refractivity contribution in [2.75, 3.05) is 0 Å². The van der Waals surface area contributed by atoms with Gasteiger partial charge in [0, 0.05) is 54.9 Å². The summed E-state index contributed by atoms with van der Waals surface area (Å²) in [5, 5.41) is 4.28. The summed E-state index contributed by atoms with van der Waals surface area (Å²) in [7, 11) is 0. The van der Waals surface area contributed by atoms with Gasteiger partial charge >= 0.3 is 0 Å². The summed E-state index contributed by atoms with van der Waals surface area (Å²) in [6, 6.07) is 53.8. The van der Waals surface area contributed by atoms with Gasteiger partial charge in [-0.05, 0) is 35.7 Å². The second-order valence-corrected chi connectivity index (χ2v) is 13.2. The van der Waals surface area contributed by atoms with Crippen molar-refractivity contribution in [1.82, 2.24) is 15.0 Å². The highest BCUT2D eigenvalue weighted by atomic mass is 16.3. The Bertz CT molecular complexity index is 2940. The van der Waals surface area contributed by atoms with Gasteiger partial charge < -0.3 is 8.83 Å². The fourth-order valence-corrected chi connectivity index (χ4v) is 7.37. The monoisotopic (exact) mass is 681 g/mol. The second-order valence-electron chi connectivity index (χ2n) is 13.2. The van der Waals surface area contributed by atoms with E-state index in [1.165, 1.54) is 5.56 Å². The minimum absolute atomic E-state index is 0.606. The summed E-state index contributed by atoms with van der Waals surface area (Å²) in [6.07, 6.45) is 2.74. The van der Waals surface area contributed by atoms with Crippen molar-refractivity contribution in [2.24, 2.45) is 0 Å². The lowest BCUT2D eigenvalue weighted by Gasteiger charge is -2.10. The molecule has 0 fully saturated rings. The first-order chi connectivity index (χ1) is 26.2. The highest BCUT2D eigenvalue weighted by molar-refractivity contribution is 6.16. The molecule has 0 radical (unpaired) electrons. The lowest BCUT2D eigenvalue weighted by Crippen LogP contribution is -2.00. The van der Waals surface area contributed by atoms with Crippen LogP contribution in [0.15, 0.2) is 179 Å². The molecule has 53 heavy (non-hydrogen) atoms. The van der Waals surface area contributed by atoms with Crippen LogP contribution >= 0.6 is 0 Å². The predicted molar refractivity (Wildman–Crippen MR) is 215 cm³/mol. The highest BCUT2D eigenvalue weighted by Gasteiger charge is 2.20. The van der Waals surface area contributed by atoms with E-state index in [-0.39, 0.29) is 0 Å². The van der Waals surface area contributed by atoms with Crippen LogP contribution in [0.25, 0.3) is 100 Å². The van der Waals surface area contributed by atoms with Crippen molar-refractivity contribution in [2.45, 2.75) is 6.42 Å². The van der Waals surface area contributed by atoms with E-state index >= 15 is 0 Å². The van der Waals surface area contributed by atoms with E-state index in [2.05, 4.69) is 97.6 Å². The van der Waals surface area contributed by atoms with E-state index in [0.717, 1.165) is 89.2 Å². The lowest BCUT2D eigenvalue weighted by molar-refractivity contribution is 0.665. The van der Waals surface area contributed by atoms with Gasteiger partial charge in [-0.2, -0.15) is 0 Å². The van der Waals surface area contributed by atoms with Gasteiger partial charge in [0.2, 0.25) is 0 Å². The first kappa shape index (κ1) is 30.7. The Morgan fingerprint density at radius 2 is 0.906 bits per heavy atom. The zero-order valence-electron chi connectivity index (χ0n) is 28.7. The number of hydrogen-bond acceptors (Lipinski definition) is 5. The van der Waals surface area contributed by atoms with Crippen molar-refractivity contribution >= 4 is 43.9 Å². The molecule has 10 aromatic rings. The molecule has 0 aliphatic heterocycles. The third kappa shape index (κ3) is 5.29. The Morgan fingerprint density at radius 3 is 1.53 bits per heavy atom. The number of nitrogens with zero attached hydrogens (tertiary/aromatic N) is 3. The van der Waals surface area contributed by atoms with Crippen molar-refractivity contribution in [3.05, 3.63) is 176 Å². The maximum Gasteiger partial charge on any atom is 0.164 e. The molecule has 0 bridgehead atoms. The van der Waals surface area contributed by atoms with Crippen molar-refractivity contribution in [1.29, 1.82) is 0 Å². The summed E-state index contributed by atoms with van der Waals surface area (Å²) in [5.74, 6) is 1.86. The van der Waals surface area contributed by atoms with Gasteiger partial charge in [-0.3, -0.25) is 0 Å². The molecule has 0 saturated heterocycles. The summed E-state index contributed by atoms with van der Waals surface area (Å²) >= 11 is 0. The third-order valence-corrected chi connectivity index (χ3v) is 9.89. The maximum absolute atomic E-state index is 6.90. The van der Waals surface area contributed by atoms with E-state index < -0.39 is 0 Å². The minimum atomic E-state index is 0.606. The van der Waals surface area contributed by atoms with Crippen molar-refractivity contribution in [3.63, 3.8) is 0 Å². The molecule has 0 unspecified atom stereocenters. The minimum Gasteiger partial charge on any atom is -0.455 e. The average molecular weight is 682 g/mol. The summed E-state index contributed by atoms with van der Waals surface area (Å²) in [4.78, 5) is 14.8. The second kappa shape index (κ2) is 12.6. The van der Waals surface area contributed by atoms with Crippen LogP contribution in [0.2, 0.25) is 0 Å². The number of fused-ring (bicyclic) bond motifs is 6. The number of hydrogen-bond donors (Lipinski definition) is 0. The van der Waals surface area contributed by atoms with Gasteiger partial charge in [-0.15, -0.1) is 6.58 Å². The van der Waals surface area contributed by atoms with Crippen molar-refractivity contribution < 1.29 is 8.83 Å². The fourth-order valence-electron chi connectivity index (χ4n) is 7.37. The van der Waals surface area contributed by atoms with Gasteiger partial charge in [0.15, 0.2) is 17.5 Å². The average Bonchev–Trinajstić information content (AvgIpc) is 3.80. The number of rotatable bonds is 7. The van der Waals surface area contributed by atoms with Gasteiger partial charge in [-0.1, -0.05) is 146 Å². The standard InChI is InChI=1S/C48H31N3O2/c1-2-13-30-26-27-42-41(28-30)40-25-12-22-37(44(40)52-42)39-24-11-23-38-36-21-10-20-35(43(36)53-45(38)39)33-18-9-19-34(29-33)48-50-46(31-14-5-3-6-15-31)49-47(51-48)32-16-7-4-8-17-32/h2-12,14-29H,1,13H2. The van der Waals surface area contributed by atoms with Crippen LogP contribution in [0.5, 0.6) is 0 Å². The number of benzene rings is 7. The molecule has 0 saturated carbocycles. The van der Waals surface area contributed by atoms with Crippen LogP contribution < -0.4 is 0 Å². The largest absolute Gasteiger partial charge is 0.455 e. The molecule has 0 spiro atoms. The first-order valence-electron chi connectivity index (χ1n) is 17.7. The molecule has 3 aromatic heterocycles. The fraction of sp³-hybridized carbons (Fsp3) is 0.0208. The van der Waals surface area contributed by atoms with Gasteiger partial charge in [0.1, 0.15) is 22.3 Å². The van der Waals surface area contributed by atoms with Crippen LogP contribution in [-0.2, 0) is 6.42 Å². The Balaban J connectivity index is 1.11. The SMILES string of the molecule is C=CCc1ccc2oc3c(-c4cccc5c4oc4c(-c6cccc(-c7nc(-c8ccccc8)nc(-c8ccccc8)n7)c6)cccc45)cccc3c2c1. The molecule has 7 aromatic carbocycles. The van der Waals surface area contributed by atoms with E-state index in [1.807, 2.05) is 72.8 Å².